The first-order chi connectivity index (χ1) is 9.95. The second kappa shape index (κ2) is 7.22. The average molecular weight is 314 g/mol. The number of hydrogen-bond donors (Lipinski definition) is 1. The quantitative estimate of drug-likeness (QED) is 0.847. The lowest BCUT2D eigenvalue weighted by atomic mass is 10.0. The van der Waals surface area contributed by atoms with E-state index in [1.54, 1.807) is 17.0 Å². The molecule has 0 bridgehead atoms. The molecule has 1 fully saturated rings. The monoisotopic (exact) mass is 314 g/mol. The predicted molar refractivity (Wildman–Crippen MR) is 80.5 cm³/mol. The molecule has 0 unspecified atom stereocenters. The maximum Gasteiger partial charge on any atom is 0.288 e. The molecule has 1 heterocycles. The van der Waals surface area contributed by atoms with Crippen LogP contribution in [0.4, 0.5) is 8.78 Å². The van der Waals surface area contributed by atoms with Crippen LogP contribution in [0.5, 0.6) is 0 Å². The van der Waals surface area contributed by atoms with Gasteiger partial charge in [-0.25, -0.2) is 0 Å². The van der Waals surface area contributed by atoms with Crippen LogP contribution in [0.15, 0.2) is 29.2 Å². The number of rotatable bonds is 5. The van der Waals surface area contributed by atoms with Crippen LogP contribution in [0.25, 0.3) is 0 Å². The normalized spacial score (nSPS) is 20.9. The van der Waals surface area contributed by atoms with Crippen LogP contribution < -0.4 is 5.32 Å². The maximum atomic E-state index is 12.3. The Kier molecular flexibility index (Phi) is 5.58. The van der Waals surface area contributed by atoms with Crippen molar-refractivity contribution in [2.45, 2.75) is 42.5 Å². The molecule has 1 aromatic carbocycles. The number of carbonyl (C=O) groups is 1. The van der Waals surface area contributed by atoms with Crippen molar-refractivity contribution in [2.24, 2.45) is 0 Å². The van der Waals surface area contributed by atoms with Crippen molar-refractivity contribution in [2.75, 3.05) is 13.6 Å². The van der Waals surface area contributed by atoms with E-state index in [0.29, 0.717) is 29.6 Å². The fourth-order valence-electron chi connectivity index (χ4n) is 2.54. The highest BCUT2D eigenvalue weighted by Crippen LogP contribution is 2.26. The molecule has 0 spiro atoms. The van der Waals surface area contributed by atoms with Crippen molar-refractivity contribution in [3.8, 4) is 0 Å². The van der Waals surface area contributed by atoms with E-state index in [4.69, 9.17) is 0 Å². The van der Waals surface area contributed by atoms with Gasteiger partial charge < -0.3 is 10.2 Å². The third kappa shape index (κ3) is 4.68. The first-order valence-electron chi connectivity index (χ1n) is 7.00. The number of likely N-dealkylation sites (N-methyl/N-ethyl adjacent to an activating group) is 1. The second-order valence-electron chi connectivity index (χ2n) is 5.35. The number of piperidine rings is 1. The Morgan fingerprint density at radius 1 is 1.33 bits per heavy atom. The van der Waals surface area contributed by atoms with Gasteiger partial charge in [0.2, 0.25) is 5.91 Å². The van der Waals surface area contributed by atoms with Crippen LogP contribution in [-0.2, 0) is 4.79 Å². The van der Waals surface area contributed by atoms with Crippen molar-refractivity contribution >= 4 is 17.7 Å². The number of alkyl halides is 2. The molecule has 0 aromatic heterocycles. The predicted octanol–water partition coefficient (Wildman–Crippen LogP) is 3.27. The third-order valence-corrected chi connectivity index (χ3v) is 4.44. The molecule has 2 rings (SSSR count). The van der Waals surface area contributed by atoms with Gasteiger partial charge >= 0.3 is 0 Å². The number of thioether (sulfide) groups is 1. The number of hydrogen-bond acceptors (Lipinski definition) is 3. The zero-order chi connectivity index (χ0) is 15.4. The topological polar surface area (TPSA) is 32.3 Å². The first-order valence-corrected chi connectivity index (χ1v) is 7.88. The van der Waals surface area contributed by atoms with Crippen molar-refractivity contribution in [1.82, 2.24) is 10.2 Å². The van der Waals surface area contributed by atoms with Gasteiger partial charge in [-0.3, -0.25) is 4.79 Å². The molecule has 1 saturated heterocycles. The summed E-state index contributed by atoms with van der Waals surface area (Å²) < 4.78 is 24.6. The van der Waals surface area contributed by atoms with E-state index < -0.39 is 5.76 Å². The van der Waals surface area contributed by atoms with Crippen LogP contribution in [0.2, 0.25) is 0 Å². The number of benzene rings is 1. The fraction of sp³-hybridized carbons (Fsp3) is 0.533. The zero-order valence-corrected chi connectivity index (χ0v) is 13.0. The van der Waals surface area contributed by atoms with Crippen LogP contribution in [0.1, 0.15) is 31.4 Å². The Labute approximate surface area is 128 Å². The molecule has 1 N–H and O–H groups in total. The lowest BCUT2D eigenvalue weighted by Gasteiger charge is -2.32. The van der Waals surface area contributed by atoms with Crippen LogP contribution in [-0.4, -0.2) is 36.2 Å². The molecule has 6 heteroatoms. The molecule has 21 heavy (non-hydrogen) atoms. The van der Waals surface area contributed by atoms with Crippen LogP contribution in [0.3, 0.4) is 0 Å². The van der Waals surface area contributed by atoms with Crippen molar-refractivity contribution in [1.29, 1.82) is 0 Å². The van der Waals surface area contributed by atoms with Crippen LogP contribution in [0, 0.1) is 0 Å². The Morgan fingerprint density at radius 3 is 2.57 bits per heavy atom. The Hall–Kier alpha value is -1.14. The van der Waals surface area contributed by atoms with Gasteiger partial charge in [0.1, 0.15) is 0 Å². The molecule has 1 aliphatic rings. The van der Waals surface area contributed by atoms with Gasteiger partial charge in [-0.05, 0) is 31.0 Å². The molecule has 2 atom stereocenters. The molecule has 1 aliphatic heterocycles. The minimum atomic E-state index is -2.39. The molecule has 116 valence electrons. The number of nitrogens with zero attached hydrogens (tertiary/aromatic N) is 1. The molecule has 1 aromatic rings. The highest BCUT2D eigenvalue weighted by molar-refractivity contribution is 7.99. The number of amides is 1. The van der Waals surface area contributed by atoms with Gasteiger partial charge in [-0.15, -0.1) is 0 Å². The van der Waals surface area contributed by atoms with Crippen LogP contribution >= 0.6 is 11.8 Å². The van der Waals surface area contributed by atoms with E-state index in [9.17, 15) is 13.6 Å². The molecular weight excluding hydrogens is 294 g/mol. The Bertz CT molecular complexity index is 481. The summed E-state index contributed by atoms with van der Waals surface area (Å²) in [6, 6.07) is 7.60. The van der Waals surface area contributed by atoms with Gasteiger partial charge in [0.15, 0.2) is 0 Å². The summed E-state index contributed by atoms with van der Waals surface area (Å²) in [7, 11) is 1.82. The lowest BCUT2D eigenvalue weighted by Crippen LogP contribution is -2.47. The summed E-state index contributed by atoms with van der Waals surface area (Å²) in [5, 5.41) is 3.50. The standard InChI is InChI=1S/C15H20F2N2OS/c1-10(18-12-5-8-14(20)19(2)9-12)11-3-6-13(7-4-11)21-15(16)17/h3-4,6-7,10,12,15,18H,5,8-9H2,1-2H3/t10-,12+/m0/s1. The lowest BCUT2D eigenvalue weighted by molar-refractivity contribution is -0.132. The van der Waals surface area contributed by atoms with E-state index >= 15 is 0 Å². The van der Waals surface area contributed by atoms with Crippen molar-refractivity contribution in [3.05, 3.63) is 29.8 Å². The zero-order valence-electron chi connectivity index (χ0n) is 12.2. The number of carbonyl (C=O) groups excluding carboxylic acids is 1. The minimum Gasteiger partial charge on any atom is -0.344 e. The summed E-state index contributed by atoms with van der Waals surface area (Å²) in [4.78, 5) is 13.8. The first kappa shape index (κ1) is 16.2. The second-order valence-corrected chi connectivity index (χ2v) is 6.41. The Balaban J connectivity index is 1.91. The number of halogens is 2. The summed E-state index contributed by atoms with van der Waals surface area (Å²) >= 11 is 0.557. The number of nitrogens with one attached hydrogen (secondary N) is 1. The van der Waals surface area contributed by atoms with E-state index in [2.05, 4.69) is 5.32 Å². The summed E-state index contributed by atoms with van der Waals surface area (Å²) in [6.07, 6.45) is 1.41. The Morgan fingerprint density at radius 2 is 2.00 bits per heavy atom. The van der Waals surface area contributed by atoms with Gasteiger partial charge in [-0.1, -0.05) is 23.9 Å². The molecule has 3 nitrogen and oxygen atoms in total. The van der Waals surface area contributed by atoms with E-state index in [-0.39, 0.29) is 18.0 Å². The van der Waals surface area contributed by atoms with Gasteiger partial charge in [0, 0.05) is 37.0 Å². The summed E-state index contributed by atoms with van der Waals surface area (Å²) in [6.45, 7) is 2.76. The summed E-state index contributed by atoms with van der Waals surface area (Å²) in [5.74, 6) is -2.20. The largest absolute Gasteiger partial charge is 0.344 e. The molecule has 0 aliphatic carbocycles. The molecule has 0 saturated carbocycles. The van der Waals surface area contributed by atoms with Gasteiger partial charge in [0.25, 0.3) is 5.76 Å². The highest BCUT2D eigenvalue weighted by atomic mass is 32.2. The van der Waals surface area contributed by atoms with E-state index in [1.807, 2.05) is 26.1 Å². The molecule has 0 radical (unpaired) electrons. The van der Waals surface area contributed by atoms with E-state index in [1.165, 1.54) is 0 Å². The maximum absolute atomic E-state index is 12.3. The van der Waals surface area contributed by atoms with Gasteiger partial charge in [-0.2, -0.15) is 8.78 Å². The average Bonchev–Trinajstić information content (AvgIpc) is 2.43. The SMILES string of the molecule is C[C@H](N[C@@H]1CCC(=O)N(C)C1)c1ccc(SC(F)F)cc1. The number of likely N-dealkylation sites (tertiary alicyclic amines) is 1. The third-order valence-electron chi connectivity index (χ3n) is 3.72. The van der Waals surface area contributed by atoms with Crippen molar-refractivity contribution < 1.29 is 13.6 Å². The molecular formula is C15H20F2N2OS. The molecule has 1 amide bonds. The van der Waals surface area contributed by atoms with E-state index in [0.717, 1.165) is 12.0 Å². The smallest absolute Gasteiger partial charge is 0.288 e. The van der Waals surface area contributed by atoms with Gasteiger partial charge in [0.05, 0.1) is 0 Å². The summed E-state index contributed by atoms with van der Waals surface area (Å²) in [5.41, 5.74) is 1.06. The fourth-order valence-corrected chi connectivity index (χ4v) is 3.03. The van der Waals surface area contributed by atoms with Crippen molar-refractivity contribution in [3.63, 3.8) is 0 Å². The minimum absolute atomic E-state index is 0.127. The highest BCUT2D eigenvalue weighted by Gasteiger charge is 2.23.